The Morgan fingerprint density at radius 3 is 2.47 bits per heavy atom. The second kappa shape index (κ2) is 8.90. The molecule has 6 nitrogen and oxygen atoms in total. The minimum Gasteiger partial charge on any atom is -0.380 e. The monoisotopic (exact) mass is 438 g/mol. The first-order valence-electron chi connectivity index (χ1n) is 11.1. The van der Waals surface area contributed by atoms with Crippen LogP contribution in [-0.4, -0.2) is 45.9 Å². The Balaban J connectivity index is 1.51. The maximum Gasteiger partial charge on any atom is 0.253 e. The SMILES string of the molecule is COCc1ccc(C(=O)N2CCC(c3nc4ccc(F)cn4c3NC(C)(C)C)CC2)cc1. The van der Waals surface area contributed by atoms with Gasteiger partial charge in [0, 0.05) is 43.4 Å². The highest BCUT2D eigenvalue weighted by atomic mass is 19.1. The van der Waals surface area contributed by atoms with E-state index in [0.717, 1.165) is 35.6 Å². The number of ether oxygens (including phenoxy) is 1. The van der Waals surface area contributed by atoms with Crippen LogP contribution in [0, 0.1) is 5.82 Å². The lowest BCUT2D eigenvalue weighted by Gasteiger charge is -2.32. The minimum atomic E-state index is -0.296. The van der Waals surface area contributed by atoms with E-state index in [1.807, 2.05) is 29.2 Å². The van der Waals surface area contributed by atoms with Gasteiger partial charge in [0.05, 0.1) is 12.3 Å². The number of likely N-dealkylation sites (tertiary alicyclic amines) is 1. The van der Waals surface area contributed by atoms with Gasteiger partial charge in [0.25, 0.3) is 5.91 Å². The molecule has 32 heavy (non-hydrogen) atoms. The van der Waals surface area contributed by atoms with Crippen LogP contribution in [-0.2, 0) is 11.3 Å². The van der Waals surface area contributed by atoms with Gasteiger partial charge in [-0.3, -0.25) is 9.20 Å². The third-order valence-corrected chi connectivity index (χ3v) is 5.78. The minimum absolute atomic E-state index is 0.0533. The molecule has 0 bridgehead atoms. The molecule has 0 radical (unpaired) electrons. The van der Waals surface area contributed by atoms with Crippen molar-refractivity contribution in [1.29, 1.82) is 0 Å². The molecule has 2 aromatic heterocycles. The van der Waals surface area contributed by atoms with E-state index >= 15 is 0 Å². The van der Waals surface area contributed by atoms with Crippen molar-refractivity contribution in [2.75, 3.05) is 25.5 Å². The number of amides is 1. The van der Waals surface area contributed by atoms with Crippen LogP contribution in [0.25, 0.3) is 5.65 Å². The third-order valence-electron chi connectivity index (χ3n) is 5.78. The first kappa shape index (κ1) is 22.3. The van der Waals surface area contributed by atoms with Crippen LogP contribution < -0.4 is 5.32 Å². The van der Waals surface area contributed by atoms with Gasteiger partial charge in [0.15, 0.2) is 0 Å². The summed E-state index contributed by atoms with van der Waals surface area (Å²) in [7, 11) is 1.66. The maximum absolute atomic E-state index is 13.9. The number of benzene rings is 1. The fourth-order valence-electron chi connectivity index (χ4n) is 4.25. The van der Waals surface area contributed by atoms with E-state index < -0.39 is 0 Å². The molecule has 1 aliphatic heterocycles. The van der Waals surface area contributed by atoms with Gasteiger partial charge in [-0.25, -0.2) is 9.37 Å². The maximum atomic E-state index is 13.9. The molecule has 1 aromatic carbocycles. The Hall–Kier alpha value is -2.93. The molecule has 3 heterocycles. The molecule has 0 atom stereocenters. The summed E-state index contributed by atoms with van der Waals surface area (Å²) in [5.41, 5.74) is 3.22. The lowest BCUT2D eigenvalue weighted by molar-refractivity contribution is 0.0712. The zero-order valence-electron chi connectivity index (χ0n) is 19.2. The van der Waals surface area contributed by atoms with Crippen molar-refractivity contribution in [3.63, 3.8) is 0 Å². The number of piperidine rings is 1. The highest BCUT2D eigenvalue weighted by molar-refractivity contribution is 5.94. The summed E-state index contributed by atoms with van der Waals surface area (Å²) < 4.78 is 20.9. The number of methoxy groups -OCH3 is 1. The molecule has 0 spiro atoms. The summed E-state index contributed by atoms with van der Waals surface area (Å²) in [5.74, 6) is 0.800. The Labute approximate surface area is 188 Å². The summed E-state index contributed by atoms with van der Waals surface area (Å²) in [6, 6.07) is 10.7. The molecule has 1 fully saturated rings. The van der Waals surface area contributed by atoms with Crippen molar-refractivity contribution in [1.82, 2.24) is 14.3 Å². The Kier molecular flexibility index (Phi) is 6.20. The first-order valence-corrected chi connectivity index (χ1v) is 11.1. The molecule has 1 aliphatic rings. The molecule has 1 amide bonds. The quantitative estimate of drug-likeness (QED) is 0.619. The number of carbonyl (C=O) groups is 1. The topological polar surface area (TPSA) is 58.9 Å². The Bertz CT molecular complexity index is 1090. The summed E-state index contributed by atoms with van der Waals surface area (Å²) in [6.45, 7) is 8.10. The van der Waals surface area contributed by atoms with Gasteiger partial charge in [0.2, 0.25) is 0 Å². The molecule has 7 heteroatoms. The number of pyridine rings is 1. The lowest BCUT2D eigenvalue weighted by atomic mass is 9.92. The number of rotatable bonds is 5. The van der Waals surface area contributed by atoms with E-state index in [-0.39, 0.29) is 23.2 Å². The summed E-state index contributed by atoms with van der Waals surface area (Å²) >= 11 is 0. The van der Waals surface area contributed by atoms with Gasteiger partial charge < -0.3 is 15.0 Å². The molecule has 0 unspecified atom stereocenters. The van der Waals surface area contributed by atoms with Crippen molar-refractivity contribution >= 4 is 17.4 Å². The van der Waals surface area contributed by atoms with Gasteiger partial charge >= 0.3 is 0 Å². The molecule has 3 aromatic rings. The number of halogens is 1. The van der Waals surface area contributed by atoms with Gasteiger partial charge in [-0.2, -0.15) is 0 Å². The second-order valence-corrected chi connectivity index (χ2v) is 9.49. The summed E-state index contributed by atoms with van der Waals surface area (Å²) in [4.78, 5) is 19.7. The smallest absolute Gasteiger partial charge is 0.253 e. The van der Waals surface area contributed by atoms with Crippen molar-refractivity contribution in [3.05, 3.63) is 65.2 Å². The third kappa shape index (κ3) is 4.78. The molecule has 4 rings (SSSR count). The van der Waals surface area contributed by atoms with Gasteiger partial charge in [-0.15, -0.1) is 0 Å². The van der Waals surface area contributed by atoms with E-state index in [1.54, 1.807) is 17.6 Å². The standard InChI is InChI=1S/C25H31FN4O2/c1-25(2,3)28-23-22(27-21-10-9-20(26)15-30(21)23)18-11-13-29(14-12-18)24(31)19-7-5-17(6-8-19)16-32-4/h5-10,15,18,28H,11-14,16H2,1-4H3. The fourth-order valence-corrected chi connectivity index (χ4v) is 4.25. The zero-order chi connectivity index (χ0) is 22.9. The van der Waals surface area contributed by atoms with Crippen molar-refractivity contribution in [2.45, 2.75) is 51.7 Å². The van der Waals surface area contributed by atoms with E-state index in [1.165, 1.54) is 12.3 Å². The summed E-state index contributed by atoms with van der Waals surface area (Å²) in [6.07, 6.45) is 3.11. The number of imidazole rings is 1. The lowest BCUT2D eigenvalue weighted by Crippen LogP contribution is -2.38. The average Bonchev–Trinajstić information content (AvgIpc) is 3.10. The number of aromatic nitrogens is 2. The summed E-state index contributed by atoms with van der Waals surface area (Å²) in [5, 5.41) is 3.52. The van der Waals surface area contributed by atoms with Crippen LogP contribution >= 0.6 is 0 Å². The van der Waals surface area contributed by atoms with Crippen molar-refractivity contribution in [3.8, 4) is 0 Å². The molecule has 1 N–H and O–H groups in total. The van der Waals surface area contributed by atoms with E-state index in [9.17, 15) is 9.18 Å². The van der Waals surface area contributed by atoms with Crippen molar-refractivity contribution in [2.24, 2.45) is 0 Å². The number of carbonyl (C=O) groups excluding carboxylic acids is 1. The van der Waals surface area contributed by atoms with Gasteiger partial charge in [-0.1, -0.05) is 12.1 Å². The van der Waals surface area contributed by atoms with Crippen LogP contribution in [0.3, 0.4) is 0 Å². The number of anilines is 1. The molecule has 170 valence electrons. The average molecular weight is 439 g/mol. The number of hydrogen-bond acceptors (Lipinski definition) is 4. The molecular formula is C25H31FN4O2. The van der Waals surface area contributed by atoms with Crippen LogP contribution in [0.15, 0.2) is 42.6 Å². The van der Waals surface area contributed by atoms with Crippen LogP contribution in [0.1, 0.15) is 61.1 Å². The molecule has 0 saturated carbocycles. The highest BCUT2D eigenvalue weighted by Gasteiger charge is 2.29. The van der Waals surface area contributed by atoms with Gasteiger partial charge in [-0.05, 0) is 63.4 Å². The molecule has 0 aliphatic carbocycles. The van der Waals surface area contributed by atoms with E-state index in [4.69, 9.17) is 9.72 Å². The van der Waals surface area contributed by atoms with Crippen LogP contribution in [0.4, 0.5) is 10.2 Å². The Morgan fingerprint density at radius 2 is 1.84 bits per heavy atom. The largest absolute Gasteiger partial charge is 0.380 e. The molecule has 1 saturated heterocycles. The number of hydrogen-bond donors (Lipinski definition) is 1. The van der Waals surface area contributed by atoms with Gasteiger partial charge in [0.1, 0.15) is 17.3 Å². The number of nitrogens with zero attached hydrogens (tertiary/aromatic N) is 3. The predicted molar refractivity (Wildman–Crippen MR) is 124 cm³/mol. The number of fused-ring (bicyclic) bond motifs is 1. The Morgan fingerprint density at radius 1 is 1.16 bits per heavy atom. The van der Waals surface area contributed by atoms with E-state index in [2.05, 4.69) is 26.1 Å². The van der Waals surface area contributed by atoms with Crippen LogP contribution in [0.2, 0.25) is 0 Å². The van der Waals surface area contributed by atoms with E-state index in [0.29, 0.717) is 25.3 Å². The molecular weight excluding hydrogens is 407 g/mol. The fraction of sp³-hybridized carbons (Fsp3) is 0.440. The van der Waals surface area contributed by atoms with Crippen LogP contribution in [0.5, 0.6) is 0 Å². The highest BCUT2D eigenvalue weighted by Crippen LogP contribution is 2.35. The zero-order valence-corrected chi connectivity index (χ0v) is 19.2. The normalized spacial score (nSPS) is 15.3. The predicted octanol–water partition coefficient (Wildman–Crippen LogP) is 4.85. The second-order valence-electron chi connectivity index (χ2n) is 9.49. The number of nitrogens with one attached hydrogen (secondary N) is 1. The first-order chi connectivity index (χ1) is 15.2. The van der Waals surface area contributed by atoms with Crippen molar-refractivity contribution < 1.29 is 13.9 Å².